The second-order valence-corrected chi connectivity index (χ2v) is 5.12. The fourth-order valence-corrected chi connectivity index (χ4v) is 2.64. The maximum absolute atomic E-state index is 6.12. The van der Waals surface area contributed by atoms with E-state index >= 15 is 0 Å². The molecule has 2 N–H and O–H groups in total. The SMILES string of the molecule is COc1cc(C(C)(C)N)c(Br)c2ccoc12. The summed E-state index contributed by atoms with van der Waals surface area (Å²) in [6.45, 7) is 3.91. The largest absolute Gasteiger partial charge is 0.493 e. The summed E-state index contributed by atoms with van der Waals surface area (Å²) in [5.41, 5.74) is 7.43. The van der Waals surface area contributed by atoms with E-state index in [-0.39, 0.29) is 0 Å². The van der Waals surface area contributed by atoms with Crippen LogP contribution in [-0.4, -0.2) is 7.11 Å². The standard InChI is InChI=1S/C12H14BrNO2/c1-12(2,14)8-6-9(15-3)11-7(10(8)13)4-5-16-11/h4-6H,14H2,1-3H3. The van der Waals surface area contributed by atoms with E-state index in [0.29, 0.717) is 5.75 Å². The third-order valence-electron chi connectivity index (χ3n) is 2.55. The normalized spacial score (nSPS) is 12.1. The van der Waals surface area contributed by atoms with Gasteiger partial charge in [0.15, 0.2) is 11.3 Å². The third kappa shape index (κ3) is 1.72. The molecule has 1 heterocycles. The smallest absolute Gasteiger partial charge is 0.176 e. The lowest BCUT2D eigenvalue weighted by Crippen LogP contribution is -2.29. The maximum atomic E-state index is 6.12. The minimum atomic E-state index is -0.433. The lowest BCUT2D eigenvalue weighted by molar-refractivity contribution is 0.407. The van der Waals surface area contributed by atoms with Gasteiger partial charge in [0.1, 0.15) is 0 Å². The zero-order valence-corrected chi connectivity index (χ0v) is 11.1. The van der Waals surface area contributed by atoms with Crippen molar-refractivity contribution in [1.82, 2.24) is 0 Å². The van der Waals surface area contributed by atoms with Crippen LogP contribution in [0, 0.1) is 0 Å². The first-order chi connectivity index (χ1) is 7.45. The van der Waals surface area contributed by atoms with Crippen LogP contribution in [0.15, 0.2) is 27.3 Å². The Labute approximate surface area is 103 Å². The number of nitrogens with two attached hydrogens (primary N) is 1. The van der Waals surface area contributed by atoms with E-state index in [9.17, 15) is 0 Å². The van der Waals surface area contributed by atoms with Crippen LogP contribution in [0.1, 0.15) is 19.4 Å². The van der Waals surface area contributed by atoms with Gasteiger partial charge in [-0.1, -0.05) is 0 Å². The predicted molar refractivity (Wildman–Crippen MR) is 67.7 cm³/mol. The summed E-state index contributed by atoms with van der Waals surface area (Å²) in [7, 11) is 1.62. The van der Waals surface area contributed by atoms with Crippen LogP contribution >= 0.6 is 15.9 Å². The Morgan fingerprint density at radius 1 is 1.44 bits per heavy atom. The average Bonchev–Trinajstić information content (AvgIpc) is 2.65. The van der Waals surface area contributed by atoms with Gasteiger partial charge in [0.25, 0.3) is 0 Å². The summed E-state index contributed by atoms with van der Waals surface area (Å²) >= 11 is 3.56. The summed E-state index contributed by atoms with van der Waals surface area (Å²) in [5, 5.41) is 0.980. The molecule has 0 radical (unpaired) electrons. The van der Waals surface area contributed by atoms with E-state index in [4.69, 9.17) is 14.9 Å². The number of rotatable bonds is 2. The highest BCUT2D eigenvalue weighted by molar-refractivity contribution is 9.10. The van der Waals surface area contributed by atoms with Crippen LogP contribution in [0.2, 0.25) is 0 Å². The van der Waals surface area contributed by atoms with E-state index in [1.54, 1.807) is 13.4 Å². The lowest BCUT2D eigenvalue weighted by Gasteiger charge is -2.22. The summed E-state index contributed by atoms with van der Waals surface area (Å²) in [5.74, 6) is 0.705. The molecule has 0 spiro atoms. The van der Waals surface area contributed by atoms with Gasteiger partial charge in [-0.15, -0.1) is 0 Å². The number of methoxy groups -OCH3 is 1. The molecule has 2 aromatic rings. The van der Waals surface area contributed by atoms with Crippen LogP contribution in [0.25, 0.3) is 11.0 Å². The summed E-state index contributed by atoms with van der Waals surface area (Å²) < 4.78 is 11.7. The Bertz CT molecular complexity index is 526. The molecule has 1 aromatic carbocycles. The first-order valence-electron chi connectivity index (χ1n) is 4.98. The Kier molecular flexibility index (Phi) is 2.72. The van der Waals surface area contributed by atoms with Gasteiger partial charge in [0.05, 0.1) is 13.4 Å². The van der Waals surface area contributed by atoms with E-state index in [1.165, 1.54) is 0 Å². The van der Waals surface area contributed by atoms with Crippen molar-refractivity contribution in [1.29, 1.82) is 0 Å². The zero-order valence-electron chi connectivity index (χ0n) is 9.50. The zero-order chi connectivity index (χ0) is 11.9. The minimum absolute atomic E-state index is 0.433. The van der Waals surface area contributed by atoms with Crippen molar-refractivity contribution in [3.63, 3.8) is 0 Å². The number of hydrogen-bond donors (Lipinski definition) is 1. The number of hydrogen-bond acceptors (Lipinski definition) is 3. The molecule has 0 saturated carbocycles. The lowest BCUT2D eigenvalue weighted by atomic mass is 9.94. The third-order valence-corrected chi connectivity index (χ3v) is 3.41. The molecule has 0 aliphatic heterocycles. The first-order valence-corrected chi connectivity index (χ1v) is 5.77. The highest BCUT2D eigenvalue weighted by atomic mass is 79.9. The molecule has 0 aliphatic carbocycles. The second kappa shape index (κ2) is 3.79. The molecular weight excluding hydrogens is 270 g/mol. The van der Waals surface area contributed by atoms with E-state index in [2.05, 4.69) is 15.9 Å². The number of ether oxygens (including phenoxy) is 1. The molecule has 0 amide bonds. The van der Waals surface area contributed by atoms with Crippen LogP contribution in [-0.2, 0) is 5.54 Å². The van der Waals surface area contributed by atoms with Crippen molar-refractivity contribution < 1.29 is 9.15 Å². The highest BCUT2D eigenvalue weighted by Crippen LogP contribution is 2.39. The molecule has 0 atom stereocenters. The van der Waals surface area contributed by atoms with Crippen LogP contribution in [0.4, 0.5) is 0 Å². The van der Waals surface area contributed by atoms with Gasteiger partial charge in [-0.2, -0.15) is 0 Å². The van der Waals surface area contributed by atoms with E-state index in [0.717, 1.165) is 21.0 Å². The van der Waals surface area contributed by atoms with Gasteiger partial charge < -0.3 is 14.9 Å². The fourth-order valence-electron chi connectivity index (χ4n) is 1.70. The fraction of sp³-hybridized carbons (Fsp3) is 0.333. The molecule has 0 bridgehead atoms. The molecule has 0 saturated heterocycles. The summed E-state index contributed by atoms with van der Waals surface area (Å²) in [6, 6.07) is 3.81. The summed E-state index contributed by atoms with van der Waals surface area (Å²) in [4.78, 5) is 0. The van der Waals surface area contributed by atoms with Gasteiger partial charge in [-0.3, -0.25) is 0 Å². The number of halogens is 1. The van der Waals surface area contributed by atoms with Gasteiger partial charge in [0.2, 0.25) is 0 Å². The Hall–Kier alpha value is -1.00. The van der Waals surface area contributed by atoms with Crippen molar-refractivity contribution >= 4 is 26.9 Å². The quantitative estimate of drug-likeness (QED) is 0.919. The molecular formula is C12H14BrNO2. The van der Waals surface area contributed by atoms with Crippen LogP contribution in [0.5, 0.6) is 5.75 Å². The highest BCUT2D eigenvalue weighted by Gasteiger charge is 2.22. The van der Waals surface area contributed by atoms with E-state index in [1.807, 2.05) is 26.0 Å². The molecule has 0 fully saturated rings. The predicted octanol–water partition coefficient (Wildman–Crippen LogP) is 3.40. The monoisotopic (exact) mass is 283 g/mol. The molecule has 3 nitrogen and oxygen atoms in total. The molecule has 86 valence electrons. The van der Waals surface area contributed by atoms with Crippen molar-refractivity contribution in [3.8, 4) is 5.75 Å². The van der Waals surface area contributed by atoms with Crippen LogP contribution in [0.3, 0.4) is 0 Å². The number of benzene rings is 1. The van der Waals surface area contributed by atoms with Crippen molar-refractivity contribution in [3.05, 3.63) is 28.4 Å². The van der Waals surface area contributed by atoms with Gasteiger partial charge >= 0.3 is 0 Å². The topological polar surface area (TPSA) is 48.4 Å². The molecule has 0 aliphatic rings. The van der Waals surface area contributed by atoms with Crippen molar-refractivity contribution in [2.45, 2.75) is 19.4 Å². The van der Waals surface area contributed by atoms with Crippen LogP contribution < -0.4 is 10.5 Å². The Balaban J connectivity index is 2.81. The molecule has 1 aromatic heterocycles. The number of fused-ring (bicyclic) bond motifs is 1. The van der Waals surface area contributed by atoms with Gasteiger partial charge in [-0.25, -0.2) is 0 Å². The minimum Gasteiger partial charge on any atom is -0.493 e. The van der Waals surface area contributed by atoms with Gasteiger partial charge in [0, 0.05) is 15.4 Å². The van der Waals surface area contributed by atoms with Gasteiger partial charge in [-0.05, 0) is 47.5 Å². The second-order valence-electron chi connectivity index (χ2n) is 4.33. The Morgan fingerprint density at radius 3 is 2.69 bits per heavy atom. The molecule has 16 heavy (non-hydrogen) atoms. The number of furan rings is 1. The molecule has 2 rings (SSSR count). The van der Waals surface area contributed by atoms with E-state index < -0.39 is 5.54 Å². The molecule has 0 unspecified atom stereocenters. The van der Waals surface area contributed by atoms with Crippen molar-refractivity contribution in [2.75, 3.05) is 7.11 Å². The first kappa shape index (κ1) is 11.5. The average molecular weight is 284 g/mol. The molecule has 4 heteroatoms. The maximum Gasteiger partial charge on any atom is 0.176 e. The van der Waals surface area contributed by atoms with Crippen molar-refractivity contribution in [2.24, 2.45) is 5.73 Å². The summed E-state index contributed by atoms with van der Waals surface area (Å²) in [6.07, 6.45) is 1.64. The Morgan fingerprint density at radius 2 is 2.12 bits per heavy atom.